The highest BCUT2D eigenvalue weighted by atomic mass is 79.9. The SMILES string of the molecule is CCn1cc(Cl)cc1C(=O)Nc1cccc(Br)c1. The number of carbonyl (C=O) groups is 1. The van der Waals surface area contributed by atoms with Gasteiger partial charge in [-0.05, 0) is 31.2 Å². The second-order valence-corrected chi connectivity index (χ2v) is 5.15. The number of rotatable bonds is 3. The molecule has 1 aromatic carbocycles. The molecule has 0 aliphatic carbocycles. The third kappa shape index (κ3) is 2.94. The Balaban J connectivity index is 2.21. The number of benzene rings is 1. The summed E-state index contributed by atoms with van der Waals surface area (Å²) in [5.74, 6) is -0.165. The van der Waals surface area contributed by atoms with Crippen molar-refractivity contribution in [3.63, 3.8) is 0 Å². The summed E-state index contributed by atoms with van der Waals surface area (Å²) >= 11 is 9.27. The van der Waals surface area contributed by atoms with Crippen molar-refractivity contribution in [2.45, 2.75) is 13.5 Å². The molecule has 5 heteroatoms. The maximum atomic E-state index is 12.1. The van der Waals surface area contributed by atoms with Crippen LogP contribution in [-0.4, -0.2) is 10.5 Å². The molecule has 0 radical (unpaired) electrons. The molecule has 0 aliphatic heterocycles. The van der Waals surface area contributed by atoms with Gasteiger partial charge in [-0.1, -0.05) is 33.6 Å². The lowest BCUT2D eigenvalue weighted by molar-refractivity contribution is 0.101. The quantitative estimate of drug-likeness (QED) is 0.901. The van der Waals surface area contributed by atoms with Crippen molar-refractivity contribution in [1.82, 2.24) is 4.57 Å². The van der Waals surface area contributed by atoms with E-state index in [2.05, 4.69) is 21.2 Å². The van der Waals surface area contributed by atoms with E-state index in [1.54, 1.807) is 12.3 Å². The summed E-state index contributed by atoms with van der Waals surface area (Å²) in [4.78, 5) is 12.1. The van der Waals surface area contributed by atoms with Gasteiger partial charge in [0.15, 0.2) is 0 Å². The summed E-state index contributed by atoms with van der Waals surface area (Å²) in [6.45, 7) is 2.67. The lowest BCUT2D eigenvalue weighted by Crippen LogP contribution is -2.16. The second kappa shape index (κ2) is 5.59. The van der Waals surface area contributed by atoms with Crippen LogP contribution < -0.4 is 5.32 Å². The number of hydrogen-bond donors (Lipinski definition) is 1. The zero-order valence-electron chi connectivity index (χ0n) is 9.78. The van der Waals surface area contributed by atoms with Crippen LogP contribution in [0.25, 0.3) is 0 Å². The van der Waals surface area contributed by atoms with Crippen molar-refractivity contribution >= 4 is 39.1 Å². The number of aryl methyl sites for hydroxylation is 1. The zero-order valence-corrected chi connectivity index (χ0v) is 12.1. The molecule has 94 valence electrons. The summed E-state index contributed by atoms with van der Waals surface area (Å²) in [5, 5.41) is 3.40. The van der Waals surface area contributed by atoms with Gasteiger partial charge in [-0.15, -0.1) is 0 Å². The molecule has 0 bridgehead atoms. The molecule has 2 aromatic rings. The molecule has 0 saturated carbocycles. The number of aromatic nitrogens is 1. The Labute approximate surface area is 119 Å². The van der Waals surface area contributed by atoms with Gasteiger partial charge in [-0.25, -0.2) is 0 Å². The normalized spacial score (nSPS) is 10.4. The third-order valence-corrected chi connectivity index (χ3v) is 3.22. The predicted octanol–water partition coefficient (Wildman–Crippen LogP) is 4.18. The first-order chi connectivity index (χ1) is 8.60. The van der Waals surface area contributed by atoms with E-state index < -0.39 is 0 Å². The van der Waals surface area contributed by atoms with Crippen LogP contribution in [0.5, 0.6) is 0 Å². The number of nitrogens with zero attached hydrogens (tertiary/aromatic N) is 1. The van der Waals surface area contributed by atoms with E-state index in [1.807, 2.05) is 35.8 Å². The number of amides is 1. The minimum atomic E-state index is -0.165. The Morgan fingerprint density at radius 1 is 1.44 bits per heavy atom. The van der Waals surface area contributed by atoms with Crippen LogP contribution in [0, 0.1) is 0 Å². The predicted molar refractivity (Wildman–Crippen MR) is 77.2 cm³/mol. The molecule has 3 nitrogen and oxygen atoms in total. The van der Waals surface area contributed by atoms with Crippen molar-refractivity contribution < 1.29 is 4.79 Å². The van der Waals surface area contributed by atoms with Crippen LogP contribution in [0.1, 0.15) is 17.4 Å². The summed E-state index contributed by atoms with van der Waals surface area (Å²) in [6.07, 6.45) is 1.75. The minimum Gasteiger partial charge on any atom is -0.342 e. The molecular formula is C13H12BrClN2O. The molecule has 1 aromatic heterocycles. The van der Waals surface area contributed by atoms with E-state index in [0.29, 0.717) is 17.3 Å². The molecule has 0 atom stereocenters. The number of hydrogen-bond acceptors (Lipinski definition) is 1. The van der Waals surface area contributed by atoms with Crippen molar-refractivity contribution in [1.29, 1.82) is 0 Å². The molecule has 0 aliphatic rings. The van der Waals surface area contributed by atoms with Gasteiger partial charge in [0.1, 0.15) is 5.69 Å². The average Bonchev–Trinajstić information content (AvgIpc) is 2.70. The first kappa shape index (κ1) is 13.2. The molecule has 0 spiro atoms. The van der Waals surface area contributed by atoms with Gasteiger partial charge >= 0.3 is 0 Å². The van der Waals surface area contributed by atoms with Gasteiger partial charge in [0.05, 0.1) is 5.02 Å². The fourth-order valence-corrected chi connectivity index (χ4v) is 2.31. The van der Waals surface area contributed by atoms with Crippen LogP contribution >= 0.6 is 27.5 Å². The molecule has 0 unspecified atom stereocenters. The van der Waals surface area contributed by atoms with Gasteiger partial charge in [0.25, 0.3) is 5.91 Å². The highest BCUT2D eigenvalue weighted by molar-refractivity contribution is 9.10. The van der Waals surface area contributed by atoms with Crippen LogP contribution in [0.2, 0.25) is 5.02 Å². The molecule has 1 amide bonds. The Hall–Kier alpha value is -1.26. The Bertz CT molecular complexity index is 580. The minimum absolute atomic E-state index is 0.165. The van der Waals surface area contributed by atoms with Crippen LogP contribution in [0.4, 0.5) is 5.69 Å². The number of anilines is 1. The fraction of sp³-hybridized carbons (Fsp3) is 0.154. The molecule has 2 rings (SSSR count). The number of nitrogens with one attached hydrogen (secondary N) is 1. The van der Waals surface area contributed by atoms with Gasteiger partial charge < -0.3 is 9.88 Å². The standard InChI is InChI=1S/C13H12BrClN2O/c1-2-17-8-10(15)7-12(17)13(18)16-11-5-3-4-9(14)6-11/h3-8H,2H2,1H3,(H,16,18). The number of carbonyl (C=O) groups excluding carboxylic acids is 1. The van der Waals surface area contributed by atoms with Gasteiger partial charge in [-0.2, -0.15) is 0 Å². The van der Waals surface area contributed by atoms with Gasteiger partial charge in [-0.3, -0.25) is 4.79 Å². The summed E-state index contributed by atoms with van der Waals surface area (Å²) in [6, 6.07) is 9.12. The summed E-state index contributed by atoms with van der Waals surface area (Å²) < 4.78 is 2.74. The largest absolute Gasteiger partial charge is 0.342 e. The smallest absolute Gasteiger partial charge is 0.272 e. The second-order valence-electron chi connectivity index (χ2n) is 3.79. The molecule has 1 heterocycles. The lowest BCUT2D eigenvalue weighted by Gasteiger charge is -2.07. The highest BCUT2D eigenvalue weighted by Crippen LogP contribution is 2.18. The van der Waals surface area contributed by atoms with E-state index in [4.69, 9.17) is 11.6 Å². The van der Waals surface area contributed by atoms with Crippen molar-refractivity contribution in [3.8, 4) is 0 Å². The van der Waals surface area contributed by atoms with E-state index >= 15 is 0 Å². The van der Waals surface area contributed by atoms with E-state index in [-0.39, 0.29) is 5.91 Å². The van der Waals surface area contributed by atoms with Gasteiger partial charge in [0.2, 0.25) is 0 Å². The van der Waals surface area contributed by atoms with Crippen LogP contribution in [0.15, 0.2) is 41.0 Å². The van der Waals surface area contributed by atoms with E-state index in [9.17, 15) is 4.79 Å². The number of halogens is 2. The van der Waals surface area contributed by atoms with Crippen molar-refractivity contribution in [2.75, 3.05) is 5.32 Å². The van der Waals surface area contributed by atoms with Crippen molar-refractivity contribution in [3.05, 3.63) is 51.7 Å². The maximum Gasteiger partial charge on any atom is 0.272 e. The monoisotopic (exact) mass is 326 g/mol. The lowest BCUT2D eigenvalue weighted by atomic mass is 10.3. The first-order valence-corrected chi connectivity index (χ1v) is 6.70. The van der Waals surface area contributed by atoms with Crippen LogP contribution in [-0.2, 0) is 6.54 Å². The topological polar surface area (TPSA) is 34.0 Å². The molecule has 18 heavy (non-hydrogen) atoms. The Morgan fingerprint density at radius 3 is 2.89 bits per heavy atom. The fourth-order valence-electron chi connectivity index (χ4n) is 1.69. The third-order valence-electron chi connectivity index (χ3n) is 2.52. The van der Waals surface area contributed by atoms with E-state index in [1.165, 1.54) is 0 Å². The first-order valence-electron chi connectivity index (χ1n) is 5.52. The molecule has 0 saturated heterocycles. The van der Waals surface area contributed by atoms with Crippen molar-refractivity contribution in [2.24, 2.45) is 0 Å². The summed E-state index contributed by atoms with van der Waals surface area (Å²) in [7, 11) is 0. The van der Waals surface area contributed by atoms with Crippen LogP contribution in [0.3, 0.4) is 0 Å². The van der Waals surface area contributed by atoms with Gasteiger partial charge in [0, 0.05) is 22.9 Å². The summed E-state index contributed by atoms with van der Waals surface area (Å²) in [5.41, 5.74) is 1.30. The zero-order chi connectivity index (χ0) is 13.1. The Morgan fingerprint density at radius 2 is 2.22 bits per heavy atom. The highest BCUT2D eigenvalue weighted by Gasteiger charge is 2.12. The maximum absolute atomic E-state index is 12.1. The average molecular weight is 328 g/mol. The Kier molecular flexibility index (Phi) is 4.09. The molecular weight excluding hydrogens is 316 g/mol. The molecule has 0 fully saturated rings. The molecule has 1 N–H and O–H groups in total. The van der Waals surface area contributed by atoms with E-state index in [0.717, 1.165) is 10.2 Å².